The molecule has 0 radical (unpaired) electrons. The van der Waals surface area contributed by atoms with Gasteiger partial charge >= 0.3 is 12.1 Å². The molecule has 8 heteroatoms. The van der Waals surface area contributed by atoms with Gasteiger partial charge in [0.1, 0.15) is 6.04 Å². The highest BCUT2D eigenvalue weighted by Crippen LogP contribution is 2.67. The third kappa shape index (κ3) is 5.61. The summed E-state index contributed by atoms with van der Waals surface area (Å²) >= 11 is 0. The van der Waals surface area contributed by atoms with Crippen molar-refractivity contribution in [3.8, 4) is 0 Å². The Morgan fingerprint density at radius 2 is 1.74 bits per heavy atom. The highest BCUT2D eigenvalue weighted by atomic mass is 16.7. The summed E-state index contributed by atoms with van der Waals surface area (Å²) in [4.78, 5) is 29.9. The molecule has 4 saturated carbocycles. The number of aliphatic hydroxyl groups excluding tert-OH is 1. The highest BCUT2D eigenvalue weighted by molar-refractivity contribution is 5.85. The minimum absolute atomic E-state index is 0.0152. The van der Waals surface area contributed by atoms with Crippen LogP contribution in [-0.4, -0.2) is 53.7 Å². The van der Waals surface area contributed by atoms with Gasteiger partial charge in [0.05, 0.1) is 17.9 Å². The molecular weight excluding hydrogens is 494 g/mol. The van der Waals surface area contributed by atoms with E-state index in [-0.39, 0.29) is 35.7 Å². The summed E-state index contributed by atoms with van der Waals surface area (Å²) in [5.41, 5.74) is 1.53. The Kier molecular flexibility index (Phi) is 8.36. The third-order valence-electron chi connectivity index (χ3n) is 11.8. The van der Waals surface area contributed by atoms with Gasteiger partial charge in [-0.05, 0) is 126 Å². The first-order valence-electron chi connectivity index (χ1n) is 15.6. The summed E-state index contributed by atoms with van der Waals surface area (Å²) in [5, 5.41) is 20.7. The van der Waals surface area contributed by atoms with Crippen molar-refractivity contribution in [1.29, 1.82) is 0 Å². The number of nitrogens with zero attached hydrogens (tertiary/aromatic N) is 1. The maximum atomic E-state index is 12.4. The fourth-order valence-corrected chi connectivity index (χ4v) is 9.82. The number of carbonyl (C=O) groups excluding carboxylic acids is 2. The van der Waals surface area contributed by atoms with Gasteiger partial charge in [0, 0.05) is 18.5 Å². The third-order valence-corrected chi connectivity index (χ3v) is 11.8. The summed E-state index contributed by atoms with van der Waals surface area (Å²) in [7, 11) is 0. The number of ether oxygens (including phenoxy) is 1. The van der Waals surface area contributed by atoms with Gasteiger partial charge in [-0.15, -0.1) is 0 Å². The van der Waals surface area contributed by atoms with Gasteiger partial charge < -0.3 is 15.2 Å². The molecule has 2 unspecified atom stereocenters. The van der Waals surface area contributed by atoms with Gasteiger partial charge in [0.2, 0.25) is 0 Å². The molecule has 220 valence electrons. The molecule has 1 amide bonds. The number of hydrogen-bond acceptors (Lipinski definition) is 7. The summed E-state index contributed by atoms with van der Waals surface area (Å²) in [5.74, 6) is 3.04. The van der Waals surface area contributed by atoms with E-state index in [2.05, 4.69) is 29.6 Å². The molecular formula is C31H51N3O5. The predicted molar refractivity (Wildman–Crippen MR) is 150 cm³/mol. The van der Waals surface area contributed by atoms with Gasteiger partial charge in [-0.2, -0.15) is 0 Å². The van der Waals surface area contributed by atoms with E-state index in [0.29, 0.717) is 36.1 Å². The molecule has 0 spiro atoms. The second-order valence-corrected chi connectivity index (χ2v) is 14.2. The number of oxime groups is 1. The van der Waals surface area contributed by atoms with Crippen LogP contribution in [-0.2, 0) is 14.4 Å². The smallest absolute Gasteiger partial charge is 0.433 e. The highest BCUT2D eigenvalue weighted by Gasteiger charge is 2.60. The van der Waals surface area contributed by atoms with Crippen LogP contribution in [0, 0.1) is 40.4 Å². The average molecular weight is 546 g/mol. The maximum absolute atomic E-state index is 12.4. The van der Waals surface area contributed by atoms with E-state index in [9.17, 15) is 14.7 Å². The number of carbonyl (C=O) groups is 2. The lowest BCUT2D eigenvalue weighted by atomic mass is 9.44. The fourth-order valence-electron chi connectivity index (χ4n) is 9.82. The van der Waals surface area contributed by atoms with Crippen molar-refractivity contribution in [1.82, 2.24) is 10.6 Å². The van der Waals surface area contributed by atoms with Crippen LogP contribution in [0.4, 0.5) is 4.79 Å². The van der Waals surface area contributed by atoms with E-state index in [1.165, 1.54) is 38.5 Å². The molecule has 5 fully saturated rings. The lowest BCUT2D eigenvalue weighted by molar-refractivity contribution is -0.149. The lowest BCUT2D eigenvalue weighted by Crippen LogP contribution is -2.54. The van der Waals surface area contributed by atoms with E-state index in [1.807, 2.05) is 20.8 Å². The molecule has 39 heavy (non-hydrogen) atoms. The first-order chi connectivity index (χ1) is 18.5. The largest absolute Gasteiger partial charge is 0.462 e. The topological polar surface area (TPSA) is 109 Å². The summed E-state index contributed by atoms with van der Waals surface area (Å²) < 4.78 is 5.29. The molecule has 0 bridgehead atoms. The zero-order valence-corrected chi connectivity index (χ0v) is 24.7. The van der Waals surface area contributed by atoms with Gasteiger partial charge in [-0.3, -0.25) is 14.9 Å². The molecule has 5 rings (SSSR count). The normalized spacial score (nSPS) is 43.8. The second kappa shape index (κ2) is 11.3. The summed E-state index contributed by atoms with van der Waals surface area (Å²) in [6.45, 7) is 11.1. The van der Waals surface area contributed by atoms with E-state index in [0.717, 1.165) is 43.2 Å². The van der Waals surface area contributed by atoms with Crippen LogP contribution >= 0.6 is 0 Å². The first-order valence-corrected chi connectivity index (χ1v) is 15.6. The molecule has 1 saturated heterocycles. The number of aliphatic hydroxyl groups is 1. The maximum Gasteiger partial charge on any atom is 0.433 e. The molecule has 4 aliphatic carbocycles. The van der Waals surface area contributed by atoms with Crippen molar-refractivity contribution < 1.29 is 24.3 Å². The Morgan fingerprint density at radius 1 is 1.00 bits per heavy atom. The van der Waals surface area contributed by atoms with Crippen LogP contribution < -0.4 is 10.6 Å². The minimum atomic E-state index is -0.543. The van der Waals surface area contributed by atoms with Crippen molar-refractivity contribution in [3.05, 3.63) is 0 Å². The summed E-state index contributed by atoms with van der Waals surface area (Å²) in [6, 6.07) is -0.301. The molecule has 0 aromatic heterocycles. The minimum Gasteiger partial charge on any atom is -0.462 e. The van der Waals surface area contributed by atoms with Crippen molar-refractivity contribution in [2.75, 3.05) is 6.54 Å². The Balaban J connectivity index is 1.13. The fraction of sp³-hybridized carbons (Fsp3) is 0.903. The molecule has 0 aromatic carbocycles. The zero-order chi connectivity index (χ0) is 27.9. The van der Waals surface area contributed by atoms with Gasteiger partial charge in [-0.1, -0.05) is 19.0 Å². The van der Waals surface area contributed by atoms with Crippen molar-refractivity contribution in [2.24, 2.45) is 45.6 Å². The SMILES string of the molecule is C/C(=N\OC(=O)NCC1CCC(C(=O)OC(C)C)N1)[C@H]1CC[C@H]2[C@@H]3CC[C@H]4C[C@H](O)CC[C@]4(C)[C@H]3CC[C@]12C. The number of rotatable bonds is 6. The quantitative estimate of drug-likeness (QED) is 0.184. The molecule has 1 aliphatic heterocycles. The van der Waals surface area contributed by atoms with Crippen LogP contribution in [0.15, 0.2) is 5.16 Å². The molecule has 8 nitrogen and oxygen atoms in total. The number of fused-ring (bicyclic) bond motifs is 5. The Morgan fingerprint density at radius 3 is 2.51 bits per heavy atom. The van der Waals surface area contributed by atoms with Crippen LogP contribution in [0.2, 0.25) is 0 Å². The van der Waals surface area contributed by atoms with Crippen LogP contribution in [0.3, 0.4) is 0 Å². The lowest BCUT2D eigenvalue weighted by Gasteiger charge is -2.61. The molecule has 5 aliphatic rings. The van der Waals surface area contributed by atoms with Crippen LogP contribution in [0.25, 0.3) is 0 Å². The van der Waals surface area contributed by atoms with Crippen LogP contribution in [0.5, 0.6) is 0 Å². The Labute approximate surface area is 234 Å². The van der Waals surface area contributed by atoms with Crippen molar-refractivity contribution in [2.45, 2.75) is 130 Å². The molecule has 3 N–H and O–H groups in total. The zero-order valence-electron chi connectivity index (χ0n) is 24.7. The summed E-state index contributed by atoms with van der Waals surface area (Å²) in [6.07, 6.45) is 11.3. The monoisotopic (exact) mass is 545 g/mol. The first kappa shape index (κ1) is 28.8. The van der Waals surface area contributed by atoms with Crippen molar-refractivity contribution >= 4 is 17.8 Å². The van der Waals surface area contributed by atoms with E-state index < -0.39 is 6.09 Å². The second-order valence-electron chi connectivity index (χ2n) is 14.2. The Bertz CT molecular complexity index is 955. The van der Waals surface area contributed by atoms with E-state index >= 15 is 0 Å². The molecule has 1 heterocycles. The van der Waals surface area contributed by atoms with Gasteiger partial charge in [0.15, 0.2) is 0 Å². The van der Waals surface area contributed by atoms with E-state index in [1.54, 1.807) is 0 Å². The average Bonchev–Trinajstić information content (AvgIpc) is 3.50. The standard InChI is InChI=1S/C31H51N3O5/c1-18(2)38-28(36)27-11-7-21(33-27)17-32-29(37)39-34-19(3)24-9-10-25-23-8-6-20-16-22(35)12-14-30(20,4)26(23)13-15-31(24,25)5/h18,20-27,33,35H,6-17H2,1-5H3,(H,32,37)/b34-19+/t20-,21?,22+,23-,24+,25-,26-,27?,30-,31+/m0/s1. The molecule has 10 atom stereocenters. The number of esters is 1. The van der Waals surface area contributed by atoms with E-state index in [4.69, 9.17) is 9.57 Å². The van der Waals surface area contributed by atoms with Crippen molar-refractivity contribution in [3.63, 3.8) is 0 Å². The van der Waals surface area contributed by atoms with Crippen LogP contribution in [0.1, 0.15) is 105 Å². The number of nitrogens with one attached hydrogen (secondary N) is 2. The van der Waals surface area contributed by atoms with Gasteiger partial charge in [0.25, 0.3) is 0 Å². The molecule has 0 aromatic rings. The predicted octanol–water partition coefficient (Wildman–Crippen LogP) is 5.18. The van der Waals surface area contributed by atoms with Gasteiger partial charge in [-0.25, -0.2) is 4.79 Å². The number of amides is 1. The number of hydrogen-bond donors (Lipinski definition) is 3. The Hall–Kier alpha value is -1.67.